The molecule has 2 aliphatic rings. The number of para-hydroxylation sites is 3. The molecule has 0 bridgehead atoms. The van der Waals surface area contributed by atoms with Gasteiger partial charge in [-0.1, -0.05) is 248 Å². The Morgan fingerprint density at radius 1 is 0.255 bits per heavy atom. The molecule has 0 saturated carbocycles. The lowest BCUT2D eigenvalue weighted by atomic mass is 9.67. The fourth-order valence-corrected chi connectivity index (χ4v) is 16.5. The molecule has 0 radical (unpaired) electrons. The zero-order valence-corrected chi connectivity index (χ0v) is 51.8. The van der Waals surface area contributed by atoms with E-state index in [1.54, 1.807) is 0 Å². The van der Waals surface area contributed by atoms with Gasteiger partial charge in [-0.25, -0.2) is 0 Å². The molecule has 5 heteroatoms. The molecule has 440 valence electrons. The van der Waals surface area contributed by atoms with E-state index < -0.39 is 5.41 Å². The van der Waals surface area contributed by atoms with Gasteiger partial charge in [0.2, 0.25) is 0 Å². The van der Waals surface area contributed by atoms with Gasteiger partial charge in [0.1, 0.15) is 22.3 Å². The maximum absolute atomic E-state index is 7.08. The van der Waals surface area contributed by atoms with Crippen molar-refractivity contribution in [2.75, 3.05) is 9.80 Å². The predicted molar refractivity (Wildman–Crippen MR) is 391 cm³/mol. The minimum absolute atomic E-state index is 0.688. The van der Waals surface area contributed by atoms with E-state index in [0.29, 0.717) is 0 Å². The third kappa shape index (κ3) is 8.41. The lowest BCUT2D eigenvalue weighted by molar-refractivity contribution is 0.669. The molecular formula is C89H56N2O2S. The van der Waals surface area contributed by atoms with E-state index in [0.717, 1.165) is 111 Å². The van der Waals surface area contributed by atoms with Gasteiger partial charge in [-0.15, -0.1) is 0 Å². The first kappa shape index (κ1) is 53.9. The van der Waals surface area contributed by atoms with Crippen molar-refractivity contribution in [1.82, 2.24) is 0 Å². The molecule has 19 rings (SSSR count). The van der Waals surface area contributed by atoms with Gasteiger partial charge in [0.25, 0.3) is 0 Å². The number of nitrogens with zero attached hydrogens (tertiary/aromatic N) is 2. The monoisotopic (exact) mass is 1220 g/mol. The summed E-state index contributed by atoms with van der Waals surface area (Å²) in [5.41, 5.74) is 25.5. The molecule has 15 aromatic carbocycles. The summed E-state index contributed by atoms with van der Waals surface area (Å²) in [6, 6.07) is 124. The summed E-state index contributed by atoms with van der Waals surface area (Å²) in [6.45, 7) is 0. The summed E-state index contributed by atoms with van der Waals surface area (Å²) in [5.74, 6) is 0. The third-order valence-corrected chi connectivity index (χ3v) is 20.7. The van der Waals surface area contributed by atoms with Crippen LogP contribution in [0, 0.1) is 0 Å². The Kier molecular flexibility index (Phi) is 12.4. The smallest absolute Gasteiger partial charge is 0.145 e. The number of furan rings is 2. The van der Waals surface area contributed by atoms with Crippen molar-refractivity contribution in [3.8, 4) is 55.6 Å². The highest BCUT2D eigenvalue weighted by Gasteiger charge is 2.50. The second-order valence-electron chi connectivity index (χ2n) is 24.6. The Balaban J connectivity index is 0.785. The Morgan fingerprint density at radius 3 is 1.40 bits per heavy atom. The molecule has 1 atom stereocenters. The lowest BCUT2D eigenvalue weighted by Crippen LogP contribution is -2.32. The number of fused-ring (bicyclic) bond motifs is 16. The molecule has 1 aliphatic heterocycles. The van der Waals surface area contributed by atoms with E-state index in [1.807, 2.05) is 11.8 Å². The van der Waals surface area contributed by atoms with Gasteiger partial charge >= 0.3 is 0 Å². The van der Waals surface area contributed by atoms with E-state index in [-0.39, 0.29) is 0 Å². The number of hydrogen-bond donors (Lipinski definition) is 0. The fourth-order valence-electron chi connectivity index (χ4n) is 15.3. The van der Waals surface area contributed by atoms with Crippen LogP contribution < -0.4 is 9.80 Å². The first-order valence-electron chi connectivity index (χ1n) is 32.1. The largest absolute Gasteiger partial charge is 0.455 e. The highest BCUT2D eigenvalue weighted by molar-refractivity contribution is 7.99. The van der Waals surface area contributed by atoms with Crippen LogP contribution in [0.5, 0.6) is 0 Å². The van der Waals surface area contributed by atoms with E-state index >= 15 is 0 Å². The maximum Gasteiger partial charge on any atom is 0.145 e. The standard InChI is InChI=1S/C89H56N2O2S/c1-4-20-57(21-5-1)59-36-38-62(39-37-59)70-50-52-80(86-74-30-14-18-34-82(74)93-88(70)86)91(67-46-42-58-22-10-11-25-63(58)54-67)68-47-53-84-78(56-68)89(76-32-16-19-35-83(76)94-84)75-31-15-12-28-71(75)72-48-43-64(55-77(72)89)60-40-44-66(45-41-60)90(65-26-8-3-9-27-65)79-51-49-69(61-23-6-2-7-24-61)87-85(79)73-29-13-17-33-81(73)92-87/h1-56H. The highest BCUT2D eigenvalue weighted by atomic mass is 32.2. The molecular weight excluding hydrogens is 1160 g/mol. The van der Waals surface area contributed by atoms with Crippen LogP contribution in [0.4, 0.5) is 34.1 Å². The third-order valence-electron chi connectivity index (χ3n) is 19.5. The summed E-state index contributed by atoms with van der Waals surface area (Å²) in [5, 5.41) is 6.63. The minimum Gasteiger partial charge on any atom is -0.455 e. The molecule has 0 fully saturated rings. The Morgan fingerprint density at radius 2 is 0.702 bits per heavy atom. The average Bonchev–Trinajstić information content (AvgIpc) is 1.48. The van der Waals surface area contributed by atoms with Crippen molar-refractivity contribution in [2.24, 2.45) is 0 Å². The molecule has 1 unspecified atom stereocenters. The predicted octanol–water partition coefficient (Wildman–Crippen LogP) is 25.1. The van der Waals surface area contributed by atoms with Crippen LogP contribution in [0.15, 0.2) is 358 Å². The minimum atomic E-state index is -0.688. The molecule has 1 spiro atoms. The lowest BCUT2D eigenvalue weighted by Gasteiger charge is -2.40. The topological polar surface area (TPSA) is 32.8 Å². The SMILES string of the molecule is c1ccc(-c2ccc(-c3ccc(N(c4ccc5c(c4)C4(c6ccccc6S5)c5ccccc5-c5ccc(-c6ccc(N(c7ccccc7)c7ccc(-c8ccccc8)c8oc9ccccc9c78)cc6)cc54)c4ccc5ccccc5c4)c4c3oc3ccccc34)cc2)cc1. The van der Waals surface area contributed by atoms with Crippen LogP contribution in [0.25, 0.3) is 110 Å². The molecule has 2 aromatic heterocycles. The van der Waals surface area contributed by atoms with Gasteiger partial charge in [0.15, 0.2) is 0 Å². The van der Waals surface area contributed by atoms with Crippen molar-refractivity contribution in [2.45, 2.75) is 15.2 Å². The van der Waals surface area contributed by atoms with E-state index in [4.69, 9.17) is 8.83 Å². The first-order chi connectivity index (χ1) is 46.6. The number of rotatable bonds is 10. The van der Waals surface area contributed by atoms with Crippen LogP contribution in [-0.2, 0) is 5.41 Å². The van der Waals surface area contributed by atoms with Gasteiger partial charge in [-0.2, -0.15) is 0 Å². The molecule has 17 aromatic rings. The molecule has 0 N–H and O–H groups in total. The summed E-state index contributed by atoms with van der Waals surface area (Å²) in [6.07, 6.45) is 0. The summed E-state index contributed by atoms with van der Waals surface area (Å²) < 4.78 is 13.9. The Bertz CT molecular complexity index is 5840. The van der Waals surface area contributed by atoms with Gasteiger partial charge in [-0.05, 0) is 181 Å². The average molecular weight is 1220 g/mol. The second kappa shape index (κ2) is 21.6. The summed E-state index contributed by atoms with van der Waals surface area (Å²) >= 11 is 1.87. The first-order valence-corrected chi connectivity index (χ1v) is 32.9. The molecule has 4 nitrogen and oxygen atoms in total. The van der Waals surface area contributed by atoms with Crippen molar-refractivity contribution in [3.63, 3.8) is 0 Å². The maximum atomic E-state index is 7.08. The quantitative estimate of drug-likeness (QED) is 0.136. The summed E-state index contributed by atoms with van der Waals surface area (Å²) in [7, 11) is 0. The van der Waals surface area contributed by atoms with Crippen LogP contribution in [0.2, 0.25) is 0 Å². The van der Waals surface area contributed by atoms with Crippen LogP contribution in [0.3, 0.4) is 0 Å². The molecule has 0 amide bonds. The van der Waals surface area contributed by atoms with Gasteiger partial charge < -0.3 is 18.6 Å². The fraction of sp³-hybridized carbons (Fsp3) is 0.0112. The van der Waals surface area contributed by atoms with E-state index in [9.17, 15) is 0 Å². The van der Waals surface area contributed by atoms with Crippen molar-refractivity contribution < 1.29 is 8.83 Å². The highest BCUT2D eigenvalue weighted by Crippen LogP contribution is 2.64. The second-order valence-corrected chi connectivity index (χ2v) is 25.7. The van der Waals surface area contributed by atoms with Gasteiger partial charge in [-0.3, -0.25) is 0 Å². The van der Waals surface area contributed by atoms with Crippen molar-refractivity contribution >= 4 is 101 Å². The zero-order valence-electron chi connectivity index (χ0n) is 51.0. The van der Waals surface area contributed by atoms with Crippen LogP contribution >= 0.6 is 11.8 Å². The Hall–Kier alpha value is -11.9. The van der Waals surface area contributed by atoms with Gasteiger partial charge in [0, 0.05) is 54.4 Å². The number of benzene rings is 15. The van der Waals surface area contributed by atoms with E-state index in [2.05, 4.69) is 350 Å². The van der Waals surface area contributed by atoms with Crippen molar-refractivity contribution in [1.29, 1.82) is 0 Å². The van der Waals surface area contributed by atoms with Crippen LogP contribution in [0.1, 0.15) is 22.3 Å². The molecule has 0 saturated heterocycles. The van der Waals surface area contributed by atoms with E-state index in [1.165, 1.54) is 65.1 Å². The molecule has 1 aliphatic carbocycles. The van der Waals surface area contributed by atoms with Crippen LogP contribution in [-0.4, -0.2) is 0 Å². The Labute approximate surface area is 548 Å². The molecule has 94 heavy (non-hydrogen) atoms. The number of hydrogen-bond acceptors (Lipinski definition) is 5. The normalized spacial score (nSPS) is 13.7. The number of anilines is 6. The molecule has 3 heterocycles. The zero-order chi connectivity index (χ0) is 61.8. The van der Waals surface area contributed by atoms with Gasteiger partial charge in [0.05, 0.1) is 27.6 Å². The van der Waals surface area contributed by atoms with Crippen molar-refractivity contribution in [3.05, 3.63) is 362 Å². The summed E-state index contributed by atoms with van der Waals surface area (Å²) in [4.78, 5) is 7.34.